The summed E-state index contributed by atoms with van der Waals surface area (Å²) in [5.74, 6) is 1.21. The van der Waals surface area contributed by atoms with Crippen molar-refractivity contribution in [2.75, 3.05) is 19.4 Å². The second-order valence-electron chi connectivity index (χ2n) is 6.19. The molecule has 0 bridgehead atoms. The second kappa shape index (κ2) is 6.86. The molecule has 2 aromatic rings. The van der Waals surface area contributed by atoms with E-state index < -0.39 is 0 Å². The van der Waals surface area contributed by atoms with Crippen LogP contribution in [0.4, 0.5) is 5.82 Å². The van der Waals surface area contributed by atoms with Gasteiger partial charge in [-0.15, -0.1) is 0 Å². The number of amides is 1. The van der Waals surface area contributed by atoms with Gasteiger partial charge in [0.15, 0.2) is 11.5 Å². The molecule has 6 heteroatoms. The monoisotopic (exact) mass is 326 g/mol. The Morgan fingerprint density at radius 1 is 1.25 bits per heavy atom. The second-order valence-corrected chi connectivity index (χ2v) is 6.19. The summed E-state index contributed by atoms with van der Waals surface area (Å²) in [6.45, 7) is 2.82. The SMILES string of the molecule is COc1ccccc1[C@H]1CC[C@@H](C)CN1C(=O)c1nccnc1N. The van der Waals surface area contributed by atoms with E-state index in [-0.39, 0.29) is 23.5 Å². The third-order valence-corrected chi connectivity index (χ3v) is 4.51. The summed E-state index contributed by atoms with van der Waals surface area (Å²) in [6, 6.07) is 7.79. The van der Waals surface area contributed by atoms with Crippen LogP contribution in [0.2, 0.25) is 0 Å². The fraction of sp³-hybridized carbons (Fsp3) is 0.389. The zero-order valence-corrected chi connectivity index (χ0v) is 14.0. The average molecular weight is 326 g/mol. The Labute approximate surface area is 141 Å². The number of ether oxygens (including phenoxy) is 1. The van der Waals surface area contributed by atoms with Crippen LogP contribution < -0.4 is 10.5 Å². The predicted molar refractivity (Wildman–Crippen MR) is 91.6 cm³/mol. The highest BCUT2D eigenvalue weighted by Crippen LogP contribution is 2.38. The van der Waals surface area contributed by atoms with Gasteiger partial charge in [-0.25, -0.2) is 9.97 Å². The lowest BCUT2D eigenvalue weighted by Gasteiger charge is -2.39. The number of methoxy groups -OCH3 is 1. The van der Waals surface area contributed by atoms with Crippen LogP contribution in [0.25, 0.3) is 0 Å². The normalized spacial score (nSPS) is 20.7. The van der Waals surface area contributed by atoms with Crippen molar-refractivity contribution in [1.29, 1.82) is 0 Å². The number of carbonyl (C=O) groups excluding carboxylic acids is 1. The predicted octanol–water partition coefficient (Wildman–Crippen LogP) is 2.68. The smallest absolute Gasteiger partial charge is 0.276 e. The first-order valence-corrected chi connectivity index (χ1v) is 8.12. The molecule has 6 nitrogen and oxygen atoms in total. The molecule has 1 aliphatic heterocycles. The lowest BCUT2D eigenvalue weighted by Crippen LogP contribution is -2.42. The molecule has 1 aliphatic rings. The lowest BCUT2D eigenvalue weighted by molar-refractivity contribution is 0.0535. The number of anilines is 1. The van der Waals surface area contributed by atoms with E-state index in [0.29, 0.717) is 12.5 Å². The Bertz CT molecular complexity index is 734. The topological polar surface area (TPSA) is 81.3 Å². The summed E-state index contributed by atoms with van der Waals surface area (Å²) in [4.78, 5) is 23.0. The Hall–Kier alpha value is -2.63. The minimum atomic E-state index is -0.178. The number of hydrogen-bond donors (Lipinski definition) is 1. The summed E-state index contributed by atoms with van der Waals surface area (Å²) < 4.78 is 5.49. The number of para-hydroxylation sites is 1. The van der Waals surface area contributed by atoms with Crippen molar-refractivity contribution in [3.63, 3.8) is 0 Å². The summed E-state index contributed by atoms with van der Waals surface area (Å²) in [5, 5.41) is 0. The number of rotatable bonds is 3. The number of benzene rings is 1. The van der Waals surface area contributed by atoms with Crippen LogP contribution in [0.15, 0.2) is 36.7 Å². The van der Waals surface area contributed by atoms with Crippen molar-refractivity contribution in [2.45, 2.75) is 25.8 Å². The highest BCUT2D eigenvalue weighted by molar-refractivity contribution is 5.96. The molecule has 1 fully saturated rings. The maximum Gasteiger partial charge on any atom is 0.276 e. The van der Waals surface area contributed by atoms with Gasteiger partial charge in [0.25, 0.3) is 5.91 Å². The first kappa shape index (κ1) is 16.2. The number of nitrogen functional groups attached to an aromatic ring is 1. The fourth-order valence-electron chi connectivity index (χ4n) is 3.29. The zero-order chi connectivity index (χ0) is 17.1. The summed E-state index contributed by atoms with van der Waals surface area (Å²) >= 11 is 0. The van der Waals surface area contributed by atoms with Gasteiger partial charge >= 0.3 is 0 Å². The lowest BCUT2D eigenvalue weighted by atomic mass is 9.89. The Morgan fingerprint density at radius 3 is 2.75 bits per heavy atom. The quantitative estimate of drug-likeness (QED) is 0.938. The molecule has 1 aromatic heterocycles. The zero-order valence-electron chi connectivity index (χ0n) is 14.0. The maximum absolute atomic E-state index is 13.1. The van der Waals surface area contributed by atoms with Crippen LogP contribution in [0.1, 0.15) is 41.9 Å². The molecule has 0 spiro atoms. The van der Waals surface area contributed by atoms with Crippen LogP contribution in [0, 0.1) is 5.92 Å². The number of hydrogen-bond acceptors (Lipinski definition) is 5. The van der Waals surface area contributed by atoms with Gasteiger partial charge in [-0.2, -0.15) is 0 Å². The van der Waals surface area contributed by atoms with Crippen molar-refractivity contribution in [3.8, 4) is 5.75 Å². The molecular weight excluding hydrogens is 304 g/mol. The Balaban J connectivity index is 1.99. The largest absolute Gasteiger partial charge is 0.496 e. The Morgan fingerprint density at radius 2 is 2.00 bits per heavy atom. The van der Waals surface area contributed by atoms with Crippen molar-refractivity contribution in [3.05, 3.63) is 47.9 Å². The van der Waals surface area contributed by atoms with E-state index in [9.17, 15) is 4.79 Å². The van der Waals surface area contributed by atoms with E-state index in [0.717, 1.165) is 24.2 Å². The Kier molecular flexibility index (Phi) is 4.64. The van der Waals surface area contributed by atoms with E-state index in [4.69, 9.17) is 10.5 Å². The molecule has 126 valence electrons. The molecule has 0 aliphatic carbocycles. The number of nitrogens with zero attached hydrogens (tertiary/aromatic N) is 3. The molecule has 3 rings (SSSR count). The van der Waals surface area contributed by atoms with Crippen LogP contribution in [-0.2, 0) is 0 Å². The summed E-state index contributed by atoms with van der Waals surface area (Å²) in [6.07, 6.45) is 4.92. The van der Waals surface area contributed by atoms with Crippen molar-refractivity contribution < 1.29 is 9.53 Å². The van der Waals surface area contributed by atoms with E-state index in [2.05, 4.69) is 16.9 Å². The summed E-state index contributed by atoms with van der Waals surface area (Å²) in [7, 11) is 1.65. The number of aromatic nitrogens is 2. The molecule has 2 N–H and O–H groups in total. The van der Waals surface area contributed by atoms with E-state index in [1.54, 1.807) is 7.11 Å². The van der Waals surface area contributed by atoms with E-state index in [1.807, 2.05) is 29.2 Å². The van der Waals surface area contributed by atoms with Gasteiger partial charge in [0.05, 0.1) is 13.2 Å². The number of carbonyl (C=O) groups is 1. The van der Waals surface area contributed by atoms with Crippen molar-refractivity contribution in [2.24, 2.45) is 5.92 Å². The molecule has 2 atom stereocenters. The number of likely N-dealkylation sites (tertiary alicyclic amines) is 1. The van der Waals surface area contributed by atoms with Gasteiger partial charge in [-0.3, -0.25) is 4.79 Å². The van der Waals surface area contributed by atoms with Gasteiger partial charge in [0.1, 0.15) is 5.75 Å². The molecule has 2 heterocycles. The molecule has 1 saturated heterocycles. The standard InChI is InChI=1S/C18H22N4O2/c1-12-7-8-14(13-5-3-4-6-15(13)24-2)22(11-12)18(23)16-17(19)21-10-9-20-16/h3-6,9-10,12,14H,7-8,11H2,1-2H3,(H2,19,21)/t12-,14-/m1/s1. The van der Waals surface area contributed by atoms with Crippen LogP contribution in [0.5, 0.6) is 5.75 Å². The van der Waals surface area contributed by atoms with Crippen molar-refractivity contribution in [1.82, 2.24) is 14.9 Å². The minimum Gasteiger partial charge on any atom is -0.496 e. The number of nitrogens with two attached hydrogens (primary N) is 1. The highest BCUT2D eigenvalue weighted by atomic mass is 16.5. The van der Waals surface area contributed by atoms with Crippen LogP contribution >= 0.6 is 0 Å². The van der Waals surface area contributed by atoms with Crippen molar-refractivity contribution >= 4 is 11.7 Å². The van der Waals surface area contributed by atoms with Crippen LogP contribution in [0.3, 0.4) is 0 Å². The van der Waals surface area contributed by atoms with E-state index >= 15 is 0 Å². The summed E-state index contributed by atoms with van der Waals surface area (Å²) in [5.41, 5.74) is 7.09. The first-order valence-electron chi connectivity index (χ1n) is 8.12. The van der Waals surface area contributed by atoms with Gasteiger partial charge < -0.3 is 15.4 Å². The first-order chi connectivity index (χ1) is 11.6. The molecule has 0 radical (unpaired) electrons. The molecular formula is C18H22N4O2. The van der Waals surface area contributed by atoms with Gasteiger partial charge in [0.2, 0.25) is 0 Å². The third-order valence-electron chi connectivity index (χ3n) is 4.51. The average Bonchev–Trinajstić information content (AvgIpc) is 2.61. The fourth-order valence-corrected chi connectivity index (χ4v) is 3.29. The van der Waals surface area contributed by atoms with Gasteiger partial charge in [0, 0.05) is 24.5 Å². The maximum atomic E-state index is 13.1. The third kappa shape index (κ3) is 3.04. The highest BCUT2D eigenvalue weighted by Gasteiger charge is 2.34. The molecule has 0 saturated carbocycles. The van der Waals surface area contributed by atoms with E-state index in [1.165, 1.54) is 12.4 Å². The molecule has 1 aromatic carbocycles. The minimum absolute atomic E-state index is 0.0498. The molecule has 24 heavy (non-hydrogen) atoms. The number of piperidine rings is 1. The molecule has 1 amide bonds. The molecule has 0 unspecified atom stereocenters. The van der Waals surface area contributed by atoms with Gasteiger partial charge in [-0.1, -0.05) is 25.1 Å². The van der Waals surface area contributed by atoms with Crippen LogP contribution in [-0.4, -0.2) is 34.4 Å². The van der Waals surface area contributed by atoms with Gasteiger partial charge in [-0.05, 0) is 24.8 Å².